The van der Waals surface area contributed by atoms with E-state index in [2.05, 4.69) is 38.1 Å². The number of hydrogen-bond acceptors (Lipinski definition) is 1. The number of carbonyl (C=O) groups excluding carboxylic acids is 1. The molecule has 21 heavy (non-hydrogen) atoms. The Balaban J connectivity index is 1.76. The van der Waals surface area contributed by atoms with Gasteiger partial charge in [0.25, 0.3) is 0 Å². The summed E-state index contributed by atoms with van der Waals surface area (Å²) in [6, 6.07) is 6.72. The number of hydrogen-bond donors (Lipinski definition) is 0. The zero-order chi connectivity index (χ0) is 14.6. The van der Waals surface area contributed by atoms with E-state index in [-0.39, 0.29) is 5.41 Å². The molecule has 0 N–H and O–H groups in total. The van der Waals surface area contributed by atoms with Crippen LogP contribution in [0.1, 0.15) is 62.1 Å². The van der Waals surface area contributed by atoms with Crippen LogP contribution in [-0.2, 0) is 17.6 Å². The highest BCUT2D eigenvalue weighted by Gasteiger charge is 2.53. The molecular weight excluding hydrogens is 256 g/mol. The van der Waals surface area contributed by atoms with Crippen LogP contribution in [-0.4, -0.2) is 5.78 Å². The standard InChI is InChI=1S/C20H24O/c1-3-13(2)17-6-4-5-15-12-20(19(21)10-18(15)17)11-14-7-8-16(20)9-14/h4-7,13,16H,3,8-12H2,1-2H3. The molecule has 3 atom stereocenters. The Morgan fingerprint density at radius 1 is 1.33 bits per heavy atom. The maximum absolute atomic E-state index is 13.0. The molecule has 0 heterocycles. The normalized spacial score (nSPS) is 31.4. The van der Waals surface area contributed by atoms with Crippen molar-refractivity contribution in [3.63, 3.8) is 0 Å². The monoisotopic (exact) mass is 280 g/mol. The summed E-state index contributed by atoms with van der Waals surface area (Å²) in [5.41, 5.74) is 5.75. The molecule has 0 radical (unpaired) electrons. The number of benzene rings is 1. The van der Waals surface area contributed by atoms with Crippen LogP contribution in [0.15, 0.2) is 29.8 Å². The summed E-state index contributed by atoms with van der Waals surface area (Å²) >= 11 is 0. The summed E-state index contributed by atoms with van der Waals surface area (Å²) in [7, 11) is 0. The minimum atomic E-state index is -0.0365. The molecule has 110 valence electrons. The van der Waals surface area contributed by atoms with Crippen molar-refractivity contribution in [2.45, 2.75) is 58.3 Å². The molecule has 3 aliphatic rings. The molecular formula is C20H24O. The summed E-state index contributed by atoms with van der Waals surface area (Å²) in [6.45, 7) is 4.52. The van der Waals surface area contributed by atoms with Gasteiger partial charge in [0.1, 0.15) is 5.78 Å². The van der Waals surface area contributed by atoms with Crippen LogP contribution >= 0.6 is 0 Å². The molecule has 2 bridgehead atoms. The first-order valence-electron chi connectivity index (χ1n) is 8.46. The number of Topliss-reactive ketones (excluding diaryl/α,β-unsaturated/α-hetero) is 1. The van der Waals surface area contributed by atoms with Crippen LogP contribution in [0.25, 0.3) is 0 Å². The van der Waals surface area contributed by atoms with Crippen LogP contribution in [0.2, 0.25) is 0 Å². The van der Waals surface area contributed by atoms with Crippen LogP contribution in [0.3, 0.4) is 0 Å². The van der Waals surface area contributed by atoms with Crippen molar-refractivity contribution < 1.29 is 4.79 Å². The third-order valence-corrected chi connectivity index (χ3v) is 6.37. The van der Waals surface area contributed by atoms with Crippen LogP contribution in [0.5, 0.6) is 0 Å². The number of allylic oxidation sites excluding steroid dienone is 2. The Labute approximate surface area is 127 Å². The van der Waals surface area contributed by atoms with Crippen LogP contribution in [0.4, 0.5) is 0 Å². The number of rotatable bonds is 2. The molecule has 1 fully saturated rings. The first-order chi connectivity index (χ1) is 10.1. The molecule has 4 rings (SSSR count). The minimum absolute atomic E-state index is 0.0365. The molecule has 3 aliphatic carbocycles. The molecule has 1 saturated carbocycles. The van der Waals surface area contributed by atoms with E-state index in [4.69, 9.17) is 0 Å². The second-order valence-electron chi connectivity index (χ2n) is 7.40. The van der Waals surface area contributed by atoms with Crippen molar-refractivity contribution in [3.05, 3.63) is 46.5 Å². The predicted octanol–water partition coefficient (Wildman–Crippen LogP) is 4.59. The van der Waals surface area contributed by atoms with E-state index in [1.807, 2.05) is 0 Å². The van der Waals surface area contributed by atoms with Gasteiger partial charge in [-0.2, -0.15) is 0 Å². The Hall–Kier alpha value is -1.37. The van der Waals surface area contributed by atoms with Gasteiger partial charge in [0.15, 0.2) is 0 Å². The lowest BCUT2D eigenvalue weighted by molar-refractivity contribution is -0.131. The zero-order valence-corrected chi connectivity index (χ0v) is 13.1. The van der Waals surface area contributed by atoms with Gasteiger partial charge in [0, 0.05) is 11.8 Å². The summed E-state index contributed by atoms with van der Waals surface area (Å²) in [5, 5.41) is 0. The highest BCUT2D eigenvalue weighted by molar-refractivity contribution is 5.91. The third-order valence-electron chi connectivity index (χ3n) is 6.37. The average molecular weight is 280 g/mol. The molecule has 0 aliphatic heterocycles. The Morgan fingerprint density at radius 2 is 2.19 bits per heavy atom. The highest BCUT2D eigenvalue weighted by Crippen LogP contribution is 2.57. The van der Waals surface area contributed by atoms with Gasteiger partial charge in [-0.3, -0.25) is 4.79 Å². The van der Waals surface area contributed by atoms with Crippen molar-refractivity contribution in [1.29, 1.82) is 0 Å². The lowest BCUT2D eigenvalue weighted by Crippen LogP contribution is -2.42. The summed E-state index contributed by atoms with van der Waals surface area (Å²) in [4.78, 5) is 13.0. The van der Waals surface area contributed by atoms with Crippen molar-refractivity contribution in [1.82, 2.24) is 0 Å². The van der Waals surface area contributed by atoms with E-state index in [9.17, 15) is 4.79 Å². The maximum Gasteiger partial charge on any atom is 0.144 e. The largest absolute Gasteiger partial charge is 0.299 e. The van der Waals surface area contributed by atoms with E-state index in [0.29, 0.717) is 24.0 Å². The molecule has 1 aromatic rings. The van der Waals surface area contributed by atoms with Crippen molar-refractivity contribution >= 4 is 5.78 Å². The molecule has 0 amide bonds. The zero-order valence-electron chi connectivity index (χ0n) is 13.1. The average Bonchev–Trinajstić information content (AvgIpc) is 3.08. The fourth-order valence-corrected chi connectivity index (χ4v) is 4.93. The maximum atomic E-state index is 13.0. The topological polar surface area (TPSA) is 17.1 Å². The van der Waals surface area contributed by atoms with E-state index in [1.165, 1.54) is 23.1 Å². The number of ketones is 1. The highest BCUT2D eigenvalue weighted by atomic mass is 16.1. The fourth-order valence-electron chi connectivity index (χ4n) is 4.93. The van der Waals surface area contributed by atoms with Gasteiger partial charge < -0.3 is 0 Å². The lowest BCUT2D eigenvalue weighted by Gasteiger charge is -2.39. The summed E-state index contributed by atoms with van der Waals surface area (Å²) in [6.07, 6.45) is 8.57. The first kappa shape index (κ1) is 13.3. The summed E-state index contributed by atoms with van der Waals surface area (Å²) in [5.74, 6) is 1.68. The third kappa shape index (κ3) is 1.79. The summed E-state index contributed by atoms with van der Waals surface area (Å²) < 4.78 is 0. The minimum Gasteiger partial charge on any atom is -0.299 e. The molecule has 1 nitrogen and oxygen atoms in total. The molecule has 1 aromatic carbocycles. The number of fused-ring (bicyclic) bond motifs is 4. The molecule has 0 aromatic heterocycles. The van der Waals surface area contributed by atoms with Gasteiger partial charge in [-0.05, 0) is 60.6 Å². The van der Waals surface area contributed by atoms with E-state index in [1.54, 1.807) is 5.57 Å². The quantitative estimate of drug-likeness (QED) is 0.724. The molecule has 1 heteroatoms. The smallest absolute Gasteiger partial charge is 0.144 e. The fraction of sp³-hybridized carbons (Fsp3) is 0.550. The van der Waals surface area contributed by atoms with E-state index < -0.39 is 0 Å². The Bertz CT molecular complexity index is 639. The Morgan fingerprint density at radius 3 is 2.86 bits per heavy atom. The molecule has 1 spiro atoms. The van der Waals surface area contributed by atoms with Gasteiger partial charge in [0.05, 0.1) is 0 Å². The SMILES string of the molecule is CCC(C)c1cccc2c1CC(=O)C1(CC3=CCC1C3)C2. The van der Waals surface area contributed by atoms with E-state index >= 15 is 0 Å². The predicted molar refractivity (Wildman–Crippen MR) is 85.4 cm³/mol. The first-order valence-corrected chi connectivity index (χ1v) is 8.46. The van der Waals surface area contributed by atoms with Gasteiger partial charge in [-0.25, -0.2) is 0 Å². The molecule has 3 unspecified atom stereocenters. The van der Waals surface area contributed by atoms with Crippen molar-refractivity contribution in [2.75, 3.05) is 0 Å². The van der Waals surface area contributed by atoms with Gasteiger partial charge in [-0.15, -0.1) is 0 Å². The number of carbonyl (C=O) groups is 1. The van der Waals surface area contributed by atoms with Crippen LogP contribution in [0, 0.1) is 11.3 Å². The Kier molecular flexibility index (Phi) is 2.89. The lowest BCUT2D eigenvalue weighted by atomic mass is 9.62. The van der Waals surface area contributed by atoms with Gasteiger partial charge in [-0.1, -0.05) is 43.7 Å². The van der Waals surface area contributed by atoms with E-state index in [0.717, 1.165) is 25.7 Å². The van der Waals surface area contributed by atoms with Gasteiger partial charge in [0.2, 0.25) is 0 Å². The molecule has 0 saturated heterocycles. The van der Waals surface area contributed by atoms with Gasteiger partial charge >= 0.3 is 0 Å². The van der Waals surface area contributed by atoms with Crippen molar-refractivity contribution in [3.8, 4) is 0 Å². The van der Waals surface area contributed by atoms with Crippen LogP contribution < -0.4 is 0 Å². The second kappa shape index (κ2) is 4.56. The van der Waals surface area contributed by atoms with Crippen molar-refractivity contribution in [2.24, 2.45) is 11.3 Å². The second-order valence-corrected chi connectivity index (χ2v) is 7.40.